The summed E-state index contributed by atoms with van der Waals surface area (Å²) in [7, 11) is 0. The first-order valence-corrected chi connectivity index (χ1v) is 5.00. The summed E-state index contributed by atoms with van der Waals surface area (Å²) < 4.78 is 0. The first-order valence-electron chi connectivity index (χ1n) is 5.00. The van der Waals surface area contributed by atoms with E-state index < -0.39 is 0 Å². The second kappa shape index (κ2) is 3.74. The summed E-state index contributed by atoms with van der Waals surface area (Å²) in [4.78, 5) is 2.19. The number of hydrogen-bond acceptors (Lipinski definition) is 2. The summed E-state index contributed by atoms with van der Waals surface area (Å²) in [6.45, 7) is 2.77. The zero-order chi connectivity index (χ0) is 9.97. The van der Waals surface area contributed by atoms with E-state index >= 15 is 0 Å². The lowest BCUT2D eigenvalue weighted by atomic mass is 10.2. The molecule has 0 aliphatic carbocycles. The van der Waals surface area contributed by atoms with Crippen molar-refractivity contribution in [2.24, 2.45) is 0 Å². The molecule has 0 saturated carbocycles. The van der Waals surface area contributed by atoms with E-state index in [9.17, 15) is 5.11 Å². The molecule has 0 unspecified atom stereocenters. The fourth-order valence-corrected chi connectivity index (χ4v) is 1.94. The summed E-state index contributed by atoms with van der Waals surface area (Å²) in [5, 5.41) is 9.52. The molecule has 0 amide bonds. The lowest BCUT2D eigenvalue weighted by molar-refractivity contribution is 0.404. The van der Waals surface area contributed by atoms with Crippen LogP contribution in [-0.2, 0) is 0 Å². The minimum Gasteiger partial charge on any atom is -0.511 e. The topological polar surface area (TPSA) is 23.5 Å². The standard InChI is InChI=1S/C12H15NO/c1-10(14)12-8-5-9-13(12)11-6-3-2-4-7-11/h2-4,6-7,14H,5,8-9H2,1H3. The Balaban J connectivity index is 2.32. The Hall–Kier alpha value is -1.44. The average molecular weight is 189 g/mol. The van der Waals surface area contributed by atoms with Crippen LogP contribution in [0.1, 0.15) is 19.8 Å². The minimum absolute atomic E-state index is 0.450. The normalized spacial score (nSPS) is 19.9. The van der Waals surface area contributed by atoms with Crippen LogP contribution in [0.25, 0.3) is 0 Å². The molecule has 0 atom stereocenters. The summed E-state index contributed by atoms with van der Waals surface area (Å²) in [5.74, 6) is 0.450. The molecule has 74 valence electrons. The Labute approximate surface area is 84.5 Å². The first-order chi connectivity index (χ1) is 6.79. The summed E-state index contributed by atoms with van der Waals surface area (Å²) in [6, 6.07) is 10.2. The molecule has 1 fully saturated rings. The zero-order valence-electron chi connectivity index (χ0n) is 8.40. The van der Waals surface area contributed by atoms with Crippen molar-refractivity contribution in [3.63, 3.8) is 0 Å². The number of hydrogen-bond donors (Lipinski definition) is 1. The SMILES string of the molecule is CC(O)=C1CCCN1c1ccccc1. The van der Waals surface area contributed by atoms with Crippen molar-refractivity contribution < 1.29 is 5.11 Å². The molecule has 0 aromatic heterocycles. The number of benzene rings is 1. The van der Waals surface area contributed by atoms with Crippen LogP contribution in [0, 0.1) is 0 Å². The van der Waals surface area contributed by atoms with Gasteiger partial charge in [0.1, 0.15) is 5.76 Å². The van der Waals surface area contributed by atoms with Gasteiger partial charge < -0.3 is 10.0 Å². The van der Waals surface area contributed by atoms with Crippen LogP contribution in [0.4, 0.5) is 5.69 Å². The number of nitrogens with zero attached hydrogens (tertiary/aromatic N) is 1. The molecule has 1 saturated heterocycles. The number of rotatable bonds is 1. The Kier molecular flexibility index (Phi) is 2.44. The van der Waals surface area contributed by atoms with Crippen LogP contribution in [0.15, 0.2) is 41.8 Å². The van der Waals surface area contributed by atoms with E-state index in [0.29, 0.717) is 5.76 Å². The predicted molar refractivity (Wildman–Crippen MR) is 58.4 cm³/mol. The third-order valence-electron chi connectivity index (χ3n) is 2.61. The van der Waals surface area contributed by atoms with Crippen molar-refractivity contribution >= 4 is 5.69 Å². The minimum atomic E-state index is 0.450. The molecular formula is C12H15NO. The second-order valence-corrected chi connectivity index (χ2v) is 3.62. The fourth-order valence-electron chi connectivity index (χ4n) is 1.94. The number of anilines is 1. The third-order valence-corrected chi connectivity index (χ3v) is 2.61. The van der Waals surface area contributed by atoms with Gasteiger partial charge in [0, 0.05) is 12.2 Å². The number of allylic oxidation sites excluding steroid dienone is 2. The molecule has 2 rings (SSSR count). The molecule has 14 heavy (non-hydrogen) atoms. The molecule has 1 aliphatic rings. The van der Waals surface area contributed by atoms with Gasteiger partial charge in [-0.05, 0) is 31.9 Å². The number of aliphatic hydroxyl groups is 1. The maximum atomic E-state index is 9.52. The fraction of sp³-hybridized carbons (Fsp3) is 0.333. The third kappa shape index (κ3) is 1.60. The van der Waals surface area contributed by atoms with Crippen molar-refractivity contribution in [2.45, 2.75) is 19.8 Å². The highest BCUT2D eigenvalue weighted by Gasteiger charge is 2.20. The Morgan fingerprint density at radius 3 is 2.64 bits per heavy atom. The molecular weight excluding hydrogens is 174 g/mol. The van der Waals surface area contributed by atoms with Crippen LogP contribution >= 0.6 is 0 Å². The molecule has 0 spiro atoms. The largest absolute Gasteiger partial charge is 0.511 e. The van der Waals surface area contributed by atoms with Gasteiger partial charge in [0.15, 0.2) is 0 Å². The van der Waals surface area contributed by atoms with Gasteiger partial charge in [0.05, 0.1) is 5.70 Å². The summed E-state index contributed by atoms with van der Waals surface area (Å²) in [5.41, 5.74) is 2.24. The van der Waals surface area contributed by atoms with Crippen molar-refractivity contribution in [2.75, 3.05) is 11.4 Å². The molecule has 0 radical (unpaired) electrons. The quantitative estimate of drug-likeness (QED) is 0.686. The summed E-state index contributed by atoms with van der Waals surface area (Å²) in [6.07, 6.45) is 2.11. The van der Waals surface area contributed by atoms with Gasteiger partial charge in [0.2, 0.25) is 0 Å². The molecule has 1 aromatic carbocycles. The van der Waals surface area contributed by atoms with E-state index in [1.54, 1.807) is 6.92 Å². The van der Waals surface area contributed by atoms with Gasteiger partial charge in [-0.2, -0.15) is 0 Å². The van der Waals surface area contributed by atoms with Crippen LogP contribution < -0.4 is 4.90 Å². The Morgan fingerprint density at radius 1 is 1.29 bits per heavy atom. The molecule has 1 aliphatic heterocycles. The van der Waals surface area contributed by atoms with Gasteiger partial charge in [-0.1, -0.05) is 18.2 Å². The van der Waals surface area contributed by atoms with Gasteiger partial charge in [-0.25, -0.2) is 0 Å². The van der Waals surface area contributed by atoms with Crippen molar-refractivity contribution in [1.82, 2.24) is 0 Å². The van der Waals surface area contributed by atoms with Gasteiger partial charge >= 0.3 is 0 Å². The van der Waals surface area contributed by atoms with E-state index in [4.69, 9.17) is 0 Å². The highest BCUT2D eigenvalue weighted by atomic mass is 16.3. The second-order valence-electron chi connectivity index (χ2n) is 3.62. The smallest absolute Gasteiger partial charge is 0.109 e. The highest BCUT2D eigenvalue weighted by molar-refractivity contribution is 5.53. The van der Waals surface area contributed by atoms with E-state index in [2.05, 4.69) is 17.0 Å². The van der Waals surface area contributed by atoms with Crippen LogP contribution in [0.3, 0.4) is 0 Å². The number of aliphatic hydroxyl groups excluding tert-OH is 1. The zero-order valence-corrected chi connectivity index (χ0v) is 8.40. The van der Waals surface area contributed by atoms with Crippen LogP contribution in [-0.4, -0.2) is 11.7 Å². The van der Waals surface area contributed by atoms with E-state index in [1.807, 2.05) is 18.2 Å². The monoisotopic (exact) mass is 189 g/mol. The van der Waals surface area contributed by atoms with Crippen molar-refractivity contribution in [3.8, 4) is 0 Å². The average Bonchev–Trinajstić information content (AvgIpc) is 2.67. The molecule has 2 nitrogen and oxygen atoms in total. The highest BCUT2D eigenvalue weighted by Crippen LogP contribution is 2.29. The molecule has 1 N–H and O–H groups in total. The van der Waals surface area contributed by atoms with E-state index in [0.717, 1.165) is 25.1 Å². The van der Waals surface area contributed by atoms with Crippen molar-refractivity contribution in [1.29, 1.82) is 0 Å². The lowest BCUT2D eigenvalue weighted by Crippen LogP contribution is -2.17. The van der Waals surface area contributed by atoms with Crippen molar-refractivity contribution in [3.05, 3.63) is 41.8 Å². The Bertz CT molecular complexity index is 339. The molecule has 2 heteroatoms. The number of para-hydroxylation sites is 1. The maximum Gasteiger partial charge on any atom is 0.109 e. The molecule has 1 heterocycles. The maximum absolute atomic E-state index is 9.52. The van der Waals surface area contributed by atoms with Gasteiger partial charge in [-0.15, -0.1) is 0 Å². The molecule has 1 aromatic rings. The van der Waals surface area contributed by atoms with E-state index in [-0.39, 0.29) is 0 Å². The predicted octanol–water partition coefficient (Wildman–Crippen LogP) is 3.08. The Morgan fingerprint density at radius 2 is 2.00 bits per heavy atom. The van der Waals surface area contributed by atoms with Gasteiger partial charge in [-0.3, -0.25) is 0 Å². The van der Waals surface area contributed by atoms with Crippen LogP contribution in [0.5, 0.6) is 0 Å². The summed E-state index contributed by atoms with van der Waals surface area (Å²) >= 11 is 0. The first kappa shape index (κ1) is 9.13. The molecule has 0 bridgehead atoms. The lowest BCUT2D eigenvalue weighted by Gasteiger charge is -2.20. The van der Waals surface area contributed by atoms with E-state index in [1.165, 1.54) is 5.69 Å². The van der Waals surface area contributed by atoms with Gasteiger partial charge in [0.25, 0.3) is 0 Å². The van der Waals surface area contributed by atoms with Crippen LogP contribution in [0.2, 0.25) is 0 Å².